The Bertz CT molecular complexity index is 925. The molecule has 1 aromatic carbocycles. The largest absolute Gasteiger partial charge is 0.483 e. The third-order valence-electron chi connectivity index (χ3n) is 5.96. The van der Waals surface area contributed by atoms with Crippen molar-refractivity contribution in [3.05, 3.63) is 29.8 Å². The molecular formula is C26H40N4O5. The minimum absolute atomic E-state index is 0.0312. The van der Waals surface area contributed by atoms with Gasteiger partial charge in [0.1, 0.15) is 17.8 Å². The van der Waals surface area contributed by atoms with Crippen LogP contribution in [0.1, 0.15) is 71.2 Å². The van der Waals surface area contributed by atoms with Gasteiger partial charge < -0.3 is 25.2 Å². The second-order valence-electron chi connectivity index (χ2n) is 10.2. The van der Waals surface area contributed by atoms with Gasteiger partial charge in [0.05, 0.1) is 5.56 Å². The molecule has 35 heavy (non-hydrogen) atoms. The van der Waals surface area contributed by atoms with Crippen molar-refractivity contribution in [3.63, 3.8) is 0 Å². The lowest BCUT2D eigenvalue weighted by atomic mass is 10.1. The van der Waals surface area contributed by atoms with E-state index in [0.717, 1.165) is 6.42 Å². The van der Waals surface area contributed by atoms with E-state index >= 15 is 0 Å². The number of amides is 4. The van der Waals surface area contributed by atoms with Crippen molar-refractivity contribution < 1.29 is 23.9 Å². The summed E-state index contributed by atoms with van der Waals surface area (Å²) >= 11 is 0. The number of carbonyl (C=O) groups excluding carboxylic acids is 4. The average molecular weight is 489 g/mol. The van der Waals surface area contributed by atoms with Crippen LogP contribution in [0.2, 0.25) is 0 Å². The Hall–Kier alpha value is -3.10. The Morgan fingerprint density at radius 1 is 1.17 bits per heavy atom. The van der Waals surface area contributed by atoms with Gasteiger partial charge in [-0.3, -0.25) is 19.2 Å². The third kappa shape index (κ3) is 7.70. The van der Waals surface area contributed by atoms with Crippen LogP contribution in [-0.4, -0.2) is 77.3 Å². The number of nitrogens with one attached hydrogen (secondary N) is 2. The van der Waals surface area contributed by atoms with Crippen LogP contribution in [-0.2, 0) is 14.4 Å². The summed E-state index contributed by atoms with van der Waals surface area (Å²) in [6, 6.07) is 5.33. The molecule has 0 aliphatic carbocycles. The van der Waals surface area contributed by atoms with E-state index in [-0.39, 0.29) is 41.7 Å². The maximum atomic E-state index is 13.3. The first kappa shape index (κ1) is 28.1. The van der Waals surface area contributed by atoms with Crippen molar-refractivity contribution in [1.82, 2.24) is 20.4 Å². The van der Waals surface area contributed by atoms with Crippen LogP contribution in [0.4, 0.5) is 0 Å². The summed E-state index contributed by atoms with van der Waals surface area (Å²) in [4.78, 5) is 54.7. The summed E-state index contributed by atoms with van der Waals surface area (Å²) < 4.78 is 5.62. The van der Waals surface area contributed by atoms with Gasteiger partial charge in [-0.05, 0) is 66.0 Å². The number of carbonyl (C=O) groups is 4. The lowest BCUT2D eigenvalue weighted by Gasteiger charge is -2.32. The number of likely N-dealkylation sites (N-methyl/N-ethyl adjacent to an activating group) is 1. The topological polar surface area (TPSA) is 108 Å². The normalized spacial score (nSPS) is 16.6. The molecule has 0 radical (unpaired) electrons. The first-order valence-corrected chi connectivity index (χ1v) is 12.3. The van der Waals surface area contributed by atoms with Gasteiger partial charge >= 0.3 is 0 Å². The van der Waals surface area contributed by atoms with Crippen LogP contribution in [0.3, 0.4) is 0 Å². The smallest absolute Gasteiger partial charge is 0.258 e. The molecule has 0 bridgehead atoms. The van der Waals surface area contributed by atoms with Crippen LogP contribution in [0, 0.1) is 0 Å². The molecule has 2 unspecified atom stereocenters. The minimum Gasteiger partial charge on any atom is -0.483 e. The molecule has 2 atom stereocenters. The Kier molecular flexibility index (Phi) is 9.68. The van der Waals surface area contributed by atoms with Crippen molar-refractivity contribution in [2.24, 2.45) is 0 Å². The minimum atomic E-state index is -0.780. The van der Waals surface area contributed by atoms with E-state index in [1.807, 2.05) is 41.5 Å². The summed E-state index contributed by atoms with van der Waals surface area (Å²) in [6.07, 6.45) is 1.73. The zero-order valence-electron chi connectivity index (χ0n) is 22.0. The fourth-order valence-corrected chi connectivity index (χ4v) is 3.93. The van der Waals surface area contributed by atoms with E-state index < -0.39 is 23.5 Å². The van der Waals surface area contributed by atoms with E-state index in [4.69, 9.17) is 4.74 Å². The Morgan fingerprint density at radius 2 is 1.83 bits per heavy atom. The molecule has 1 aromatic rings. The quantitative estimate of drug-likeness (QED) is 0.555. The van der Waals surface area contributed by atoms with Crippen molar-refractivity contribution in [3.8, 4) is 5.75 Å². The van der Waals surface area contributed by atoms with Gasteiger partial charge in [-0.15, -0.1) is 0 Å². The molecule has 1 saturated heterocycles. The first-order chi connectivity index (χ1) is 16.4. The van der Waals surface area contributed by atoms with Crippen molar-refractivity contribution in [1.29, 1.82) is 0 Å². The summed E-state index contributed by atoms with van der Waals surface area (Å²) in [7, 11) is 1.74. The predicted octanol–water partition coefficient (Wildman–Crippen LogP) is 2.35. The highest BCUT2D eigenvalue weighted by molar-refractivity contribution is 6.00. The first-order valence-electron chi connectivity index (χ1n) is 12.3. The maximum absolute atomic E-state index is 13.3. The molecule has 0 spiro atoms. The summed E-state index contributed by atoms with van der Waals surface area (Å²) in [5.41, 5.74) is -0.166. The van der Waals surface area contributed by atoms with Crippen molar-refractivity contribution in [2.45, 2.75) is 84.5 Å². The van der Waals surface area contributed by atoms with E-state index in [9.17, 15) is 19.2 Å². The molecule has 0 aromatic heterocycles. The van der Waals surface area contributed by atoms with Gasteiger partial charge in [0, 0.05) is 25.2 Å². The fraction of sp³-hybridized carbons (Fsp3) is 0.615. The van der Waals surface area contributed by atoms with Gasteiger partial charge in [0.2, 0.25) is 11.8 Å². The second kappa shape index (κ2) is 12.0. The zero-order valence-corrected chi connectivity index (χ0v) is 22.0. The average Bonchev–Trinajstić information content (AvgIpc) is 3.28. The van der Waals surface area contributed by atoms with Crippen LogP contribution < -0.4 is 15.4 Å². The summed E-state index contributed by atoms with van der Waals surface area (Å²) in [6.45, 7) is 11.5. The highest BCUT2D eigenvalue weighted by atomic mass is 16.5. The van der Waals surface area contributed by atoms with Crippen LogP contribution >= 0.6 is 0 Å². The summed E-state index contributed by atoms with van der Waals surface area (Å²) in [5, 5.41) is 5.61. The molecule has 1 aliphatic heterocycles. The van der Waals surface area contributed by atoms with E-state index in [1.54, 1.807) is 41.1 Å². The molecule has 2 rings (SSSR count). The molecule has 9 nitrogen and oxygen atoms in total. The molecule has 0 saturated carbocycles. The molecule has 1 fully saturated rings. The van der Waals surface area contributed by atoms with Crippen LogP contribution in [0.15, 0.2) is 24.3 Å². The number of benzene rings is 1. The van der Waals surface area contributed by atoms with Crippen LogP contribution in [0.25, 0.3) is 0 Å². The highest BCUT2D eigenvalue weighted by Crippen LogP contribution is 2.22. The van der Waals surface area contributed by atoms with Gasteiger partial charge in [0.25, 0.3) is 11.8 Å². The third-order valence-corrected chi connectivity index (χ3v) is 5.96. The Balaban J connectivity index is 2.10. The number of nitrogens with zero attached hydrogens (tertiary/aromatic N) is 2. The molecule has 4 amide bonds. The van der Waals surface area contributed by atoms with E-state index in [0.29, 0.717) is 19.4 Å². The number of rotatable bonds is 9. The van der Waals surface area contributed by atoms with Crippen LogP contribution in [0.5, 0.6) is 5.75 Å². The molecule has 194 valence electrons. The Morgan fingerprint density at radius 3 is 2.43 bits per heavy atom. The standard InChI is InChI=1S/C26H40N4O5/c1-8-19(24(33)30-15-11-13-20(30)25(34)29(7)17(2)3)27-23(32)18-12-9-10-14-21(18)35-16-22(31)28-26(4,5)6/h9-10,12,14,17,19-20H,8,11,13,15-16H2,1-7H3,(H,27,32)(H,28,31). The molecule has 2 N–H and O–H groups in total. The van der Waals surface area contributed by atoms with Gasteiger partial charge in [-0.2, -0.15) is 0 Å². The Labute approximate surface area is 208 Å². The van der Waals surface area contributed by atoms with Gasteiger partial charge in [0.15, 0.2) is 6.61 Å². The van der Waals surface area contributed by atoms with Gasteiger partial charge in [-0.1, -0.05) is 19.1 Å². The molecule has 1 heterocycles. The van der Waals surface area contributed by atoms with Crippen molar-refractivity contribution in [2.75, 3.05) is 20.2 Å². The lowest BCUT2D eigenvalue weighted by molar-refractivity contribution is -0.145. The lowest BCUT2D eigenvalue weighted by Crippen LogP contribution is -2.54. The monoisotopic (exact) mass is 488 g/mol. The maximum Gasteiger partial charge on any atom is 0.258 e. The number of likely N-dealkylation sites (tertiary alicyclic amines) is 1. The number of ether oxygens (including phenoxy) is 1. The van der Waals surface area contributed by atoms with E-state index in [1.165, 1.54) is 0 Å². The number of hydrogen-bond acceptors (Lipinski definition) is 5. The number of hydrogen-bond donors (Lipinski definition) is 2. The molecule has 9 heteroatoms. The second-order valence-corrected chi connectivity index (χ2v) is 10.2. The number of para-hydroxylation sites is 1. The van der Waals surface area contributed by atoms with E-state index in [2.05, 4.69) is 10.6 Å². The van der Waals surface area contributed by atoms with Gasteiger partial charge in [-0.25, -0.2) is 0 Å². The highest BCUT2D eigenvalue weighted by Gasteiger charge is 2.38. The zero-order chi connectivity index (χ0) is 26.3. The predicted molar refractivity (Wildman–Crippen MR) is 134 cm³/mol. The summed E-state index contributed by atoms with van der Waals surface area (Å²) in [5.74, 6) is -0.871. The molecular weight excluding hydrogens is 448 g/mol. The fourth-order valence-electron chi connectivity index (χ4n) is 3.93. The SMILES string of the molecule is CCC(NC(=O)c1ccccc1OCC(=O)NC(C)(C)C)C(=O)N1CCCC1C(=O)N(C)C(C)C. The van der Waals surface area contributed by atoms with Crippen molar-refractivity contribution >= 4 is 23.6 Å². The molecule has 1 aliphatic rings.